The monoisotopic (exact) mass is 453 g/mol. The van der Waals surface area contributed by atoms with Gasteiger partial charge in [-0.1, -0.05) is 48.3 Å². The lowest BCUT2D eigenvalue weighted by atomic mass is 10.1. The Labute approximate surface area is 187 Å². The maximum absolute atomic E-state index is 13.3. The standard InChI is InChI=1S/C22H16FN3O3S2/c1-2-11-25-21(29)19(31-22(25)30)18-15-5-3-4-6-16(15)26(20(18)28)12-17(27)24-14-9-7-13(23)8-10-14/h2-10H,1,11-12H2,(H,24,27)/b19-18-. The third kappa shape index (κ3) is 3.89. The summed E-state index contributed by atoms with van der Waals surface area (Å²) in [5.41, 5.74) is 1.75. The number of benzene rings is 2. The van der Waals surface area contributed by atoms with E-state index in [2.05, 4.69) is 11.9 Å². The lowest BCUT2D eigenvalue weighted by Crippen LogP contribution is -2.35. The number of nitrogens with zero attached hydrogens (tertiary/aromatic N) is 2. The Kier molecular flexibility index (Phi) is 5.71. The van der Waals surface area contributed by atoms with Crippen molar-refractivity contribution in [3.8, 4) is 0 Å². The van der Waals surface area contributed by atoms with Gasteiger partial charge in [0.15, 0.2) is 0 Å². The van der Waals surface area contributed by atoms with Gasteiger partial charge < -0.3 is 5.32 Å². The quantitative estimate of drug-likeness (QED) is 0.426. The van der Waals surface area contributed by atoms with E-state index < -0.39 is 17.6 Å². The van der Waals surface area contributed by atoms with Crippen LogP contribution in [0.25, 0.3) is 5.57 Å². The van der Waals surface area contributed by atoms with Gasteiger partial charge in [-0.3, -0.25) is 24.2 Å². The number of hydrogen-bond acceptors (Lipinski definition) is 5. The van der Waals surface area contributed by atoms with Crippen molar-refractivity contribution in [3.05, 3.63) is 77.5 Å². The summed E-state index contributed by atoms with van der Waals surface area (Å²) in [6.45, 7) is 3.62. The Morgan fingerprint density at radius 2 is 1.81 bits per heavy atom. The molecule has 0 unspecified atom stereocenters. The zero-order valence-corrected chi connectivity index (χ0v) is 17.8. The van der Waals surface area contributed by atoms with E-state index in [4.69, 9.17) is 12.2 Å². The number of amides is 3. The van der Waals surface area contributed by atoms with Crippen LogP contribution in [0, 0.1) is 5.82 Å². The molecule has 0 atom stereocenters. The Balaban J connectivity index is 1.64. The van der Waals surface area contributed by atoms with Crippen LogP contribution in [0.15, 0.2) is 66.1 Å². The van der Waals surface area contributed by atoms with E-state index in [0.29, 0.717) is 21.3 Å². The number of para-hydroxylation sites is 1. The van der Waals surface area contributed by atoms with Crippen molar-refractivity contribution in [2.24, 2.45) is 0 Å². The Morgan fingerprint density at radius 1 is 1.10 bits per heavy atom. The molecule has 0 radical (unpaired) electrons. The average molecular weight is 454 g/mol. The smallest absolute Gasteiger partial charge is 0.267 e. The summed E-state index contributed by atoms with van der Waals surface area (Å²) in [4.78, 5) is 41.7. The van der Waals surface area contributed by atoms with Gasteiger partial charge in [0.2, 0.25) is 5.91 Å². The Morgan fingerprint density at radius 3 is 2.52 bits per heavy atom. The SMILES string of the molecule is C=CCN1C(=O)/C(=C2/C(=O)N(CC(=O)Nc3ccc(F)cc3)c3ccccc32)SC1=S. The molecule has 2 aromatic rings. The summed E-state index contributed by atoms with van der Waals surface area (Å²) in [6, 6.07) is 12.3. The van der Waals surface area contributed by atoms with Crippen molar-refractivity contribution in [2.45, 2.75) is 0 Å². The molecule has 0 saturated carbocycles. The van der Waals surface area contributed by atoms with Gasteiger partial charge in [-0.2, -0.15) is 0 Å². The summed E-state index contributed by atoms with van der Waals surface area (Å²) in [6.07, 6.45) is 1.56. The normalized spacial score (nSPS) is 17.9. The second kappa shape index (κ2) is 8.44. The first-order chi connectivity index (χ1) is 14.9. The van der Waals surface area contributed by atoms with Gasteiger partial charge in [0, 0.05) is 17.8 Å². The molecule has 31 heavy (non-hydrogen) atoms. The predicted octanol–water partition coefficient (Wildman–Crippen LogP) is 3.57. The molecule has 1 fully saturated rings. The number of carbonyl (C=O) groups is 3. The fourth-order valence-electron chi connectivity index (χ4n) is 3.37. The zero-order valence-electron chi connectivity index (χ0n) is 16.1. The number of anilines is 2. The Hall–Kier alpha value is -3.30. The highest BCUT2D eigenvalue weighted by molar-refractivity contribution is 8.26. The number of nitrogens with one attached hydrogen (secondary N) is 1. The molecule has 1 saturated heterocycles. The van der Waals surface area contributed by atoms with Crippen LogP contribution in [-0.2, 0) is 14.4 Å². The molecule has 3 amide bonds. The van der Waals surface area contributed by atoms with E-state index in [0.717, 1.165) is 11.8 Å². The zero-order chi connectivity index (χ0) is 22.1. The third-order valence-electron chi connectivity index (χ3n) is 4.74. The van der Waals surface area contributed by atoms with E-state index in [9.17, 15) is 18.8 Å². The average Bonchev–Trinajstić information content (AvgIpc) is 3.18. The minimum atomic E-state index is -0.449. The molecule has 156 valence electrons. The number of thiocarbonyl (C=S) groups is 1. The first-order valence-electron chi connectivity index (χ1n) is 9.26. The molecule has 2 aliphatic rings. The van der Waals surface area contributed by atoms with Crippen LogP contribution in [0.5, 0.6) is 0 Å². The van der Waals surface area contributed by atoms with Gasteiger partial charge in [0.25, 0.3) is 11.8 Å². The van der Waals surface area contributed by atoms with Gasteiger partial charge in [-0.15, -0.1) is 6.58 Å². The maximum atomic E-state index is 13.3. The largest absolute Gasteiger partial charge is 0.325 e. The van der Waals surface area contributed by atoms with E-state index in [1.54, 1.807) is 30.3 Å². The van der Waals surface area contributed by atoms with Crippen molar-refractivity contribution in [2.75, 3.05) is 23.3 Å². The highest BCUT2D eigenvalue weighted by Crippen LogP contribution is 2.44. The molecular weight excluding hydrogens is 437 g/mol. The van der Waals surface area contributed by atoms with Gasteiger partial charge >= 0.3 is 0 Å². The van der Waals surface area contributed by atoms with Crippen LogP contribution in [0.2, 0.25) is 0 Å². The minimum absolute atomic E-state index is 0.231. The van der Waals surface area contributed by atoms with E-state index in [1.807, 2.05) is 0 Å². The molecule has 4 rings (SSSR count). The third-order valence-corrected chi connectivity index (χ3v) is 6.19. The molecule has 2 aromatic carbocycles. The van der Waals surface area contributed by atoms with Crippen LogP contribution in [0.3, 0.4) is 0 Å². The van der Waals surface area contributed by atoms with Crippen LogP contribution < -0.4 is 10.2 Å². The molecule has 9 heteroatoms. The van der Waals surface area contributed by atoms with Crippen molar-refractivity contribution in [1.82, 2.24) is 4.90 Å². The molecule has 2 aliphatic heterocycles. The van der Waals surface area contributed by atoms with E-state index in [-0.39, 0.29) is 29.5 Å². The fourth-order valence-corrected chi connectivity index (χ4v) is 4.72. The number of carbonyl (C=O) groups excluding carboxylic acids is 3. The van der Waals surface area contributed by atoms with Crippen molar-refractivity contribution in [3.63, 3.8) is 0 Å². The maximum Gasteiger partial charge on any atom is 0.267 e. The number of hydrogen-bond donors (Lipinski definition) is 1. The molecule has 0 spiro atoms. The summed E-state index contributed by atoms with van der Waals surface area (Å²) >= 11 is 6.35. The number of thioether (sulfide) groups is 1. The summed E-state index contributed by atoms with van der Waals surface area (Å²) in [5.74, 6) is -1.67. The van der Waals surface area contributed by atoms with Crippen molar-refractivity contribution >= 4 is 63.0 Å². The molecule has 0 bridgehead atoms. The van der Waals surface area contributed by atoms with Gasteiger partial charge in [0.05, 0.1) is 16.2 Å². The lowest BCUT2D eigenvalue weighted by molar-refractivity contribution is -0.122. The van der Waals surface area contributed by atoms with Crippen molar-refractivity contribution in [1.29, 1.82) is 0 Å². The van der Waals surface area contributed by atoms with Crippen LogP contribution in [-0.4, -0.2) is 40.0 Å². The minimum Gasteiger partial charge on any atom is -0.325 e. The van der Waals surface area contributed by atoms with Crippen LogP contribution in [0.4, 0.5) is 15.8 Å². The Bertz CT molecular complexity index is 1160. The number of halogens is 1. The van der Waals surface area contributed by atoms with Crippen molar-refractivity contribution < 1.29 is 18.8 Å². The molecule has 0 aliphatic carbocycles. The first kappa shape index (κ1) is 21.0. The van der Waals surface area contributed by atoms with Crippen LogP contribution in [0.1, 0.15) is 5.56 Å². The highest BCUT2D eigenvalue weighted by Gasteiger charge is 2.42. The second-order valence-corrected chi connectivity index (χ2v) is 8.38. The molecule has 0 aromatic heterocycles. The molecular formula is C22H16FN3O3S2. The van der Waals surface area contributed by atoms with Gasteiger partial charge in [0.1, 0.15) is 16.7 Å². The predicted molar refractivity (Wildman–Crippen MR) is 123 cm³/mol. The van der Waals surface area contributed by atoms with Gasteiger partial charge in [-0.05, 0) is 30.3 Å². The molecule has 6 nitrogen and oxygen atoms in total. The topological polar surface area (TPSA) is 69.7 Å². The number of fused-ring (bicyclic) bond motifs is 1. The second-order valence-electron chi connectivity index (χ2n) is 6.74. The molecule has 2 heterocycles. The van der Waals surface area contributed by atoms with Crippen LogP contribution >= 0.6 is 24.0 Å². The first-order valence-corrected chi connectivity index (χ1v) is 10.5. The molecule has 1 N–H and O–H groups in total. The summed E-state index contributed by atoms with van der Waals surface area (Å²) < 4.78 is 13.4. The number of rotatable bonds is 5. The van der Waals surface area contributed by atoms with Gasteiger partial charge in [-0.25, -0.2) is 4.39 Å². The lowest BCUT2D eigenvalue weighted by Gasteiger charge is -2.16. The fraction of sp³-hybridized carbons (Fsp3) is 0.0909. The van der Waals surface area contributed by atoms with E-state index >= 15 is 0 Å². The highest BCUT2D eigenvalue weighted by atomic mass is 32.2. The van der Waals surface area contributed by atoms with E-state index in [1.165, 1.54) is 34.1 Å². The summed E-state index contributed by atoms with van der Waals surface area (Å²) in [5, 5.41) is 2.64. The summed E-state index contributed by atoms with van der Waals surface area (Å²) in [7, 11) is 0.